The van der Waals surface area contributed by atoms with Crippen molar-refractivity contribution in [2.24, 2.45) is 5.73 Å². The van der Waals surface area contributed by atoms with E-state index in [2.05, 4.69) is 5.32 Å². The predicted octanol–water partition coefficient (Wildman–Crippen LogP) is 1.15. The van der Waals surface area contributed by atoms with E-state index in [1.807, 2.05) is 32.0 Å². The molecule has 5 nitrogen and oxygen atoms in total. The number of rotatable bonds is 7. The first kappa shape index (κ1) is 20.9. The number of aryl methyl sites for hydroxylation is 2. The van der Waals surface area contributed by atoms with Gasteiger partial charge in [-0.1, -0.05) is 18.2 Å². The van der Waals surface area contributed by atoms with Gasteiger partial charge in [0.2, 0.25) is 5.91 Å². The topological polar surface area (TPSA) is 89.3 Å². The summed E-state index contributed by atoms with van der Waals surface area (Å²) in [5.74, 6) is -0.372. The van der Waals surface area contributed by atoms with Gasteiger partial charge in [-0.25, -0.2) is 8.42 Å². The summed E-state index contributed by atoms with van der Waals surface area (Å²) in [5, 5.41) is 2.76. The van der Waals surface area contributed by atoms with Crippen molar-refractivity contribution in [3.8, 4) is 0 Å². The third-order valence-corrected chi connectivity index (χ3v) is 4.43. The largest absolute Gasteiger partial charge is 0.354 e. The molecular formula is C15H25ClN2O3S. The first-order valence-electron chi connectivity index (χ1n) is 6.97. The number of amides is 1. The summed E-state index contributed by atoms with van der Waals surface area (Å²) in [6.07, 6.45) is 2.02. The average Bonchev–Trinajstić information content (AvgIpc) is 2.38. The number of nitrogens with two attached hydrogens (primary N) is 1. The van der Waals surface area contributed by atoms with Gasteiger partial charge in [0.1, 0.15) is 9.84 Å². The minimum Gasteiger partial charge on any atom is -0.354 e. The Labute approximate surface area is 139 Å². The normalized spacial score (nSPS) is 12.4. The van der Waals surface area contributed by atoms with E-state index in [1.165, 1.54) is 16.7 Å². The van der Waals surface area contributed by atoms with E-state index in [1.54, 1.807) is 0 Å². The lowest BCUT2D eigenvalue weighted by molar-refractivity contribution is -0.122. The van der Waals surface area contributed by atoms with Crippen molar-refractivity contribution in [3.63, 3.8) is 0 Å². The lowest BCUT2D eigenvalue weighted by Crippen LogP contribution is -2.42. The second-order valence-corrected chi connectivity index (χ2v) is 7.70. The molecule has 22 heavy (non-hydrogen) atoms. The highest BCUT2D eigenvalue weighted by Gasteiger charge is 2.15. The second-order valence-electron chi connectivity index (χ2n) is 5.44. The SMILES string of the molecule is Cc1cccc(C)c1CCNC(=O)C(N)CCS(C)(=O)=O.Cl. The molecule has 3 N–H and O–H groups in total. The standard InChI is InChI=1S/C15H24N2O3S.ClH/c1-11-5-4-6-12(2)13(11)7-9-17-15(18)14(16)8-10-21(3,19)20;/h4-6,14H,7-10,16H2,1-3H3,(H,17,18);1H. The molecule has 0 radical (unpaired) electrons. The van der Waals surface area contributed by atoms with Crippen molar-refractivity contribution in [3.05, 3.63) is 34.9 Å². The monoisotopic (exact) mass is 348 g/mol. The molecule has 0 fully saturated rings. The molecule has 1 atom stereocenters. The summed E-state index contributed by atoms with van der Waals surface area (Å²) >= 11 is 0. The summed E-state index contributed by atoms with van der Waals surface area (Å²) in [4.78, 5) is 11.8. The Bertz CT molecular complexity index is 583. The quantitative estimate of drug-likeness (QED) is 0.773. The molecule has 1 rings (SSSR count). The Morgan fingerprint density at radius 2 is 1.82 bits per heavy atom. The van der Waals surface area contributed by atoms with Gasteiger partial charge in [-0.2, -0.15) is 0 Å². The van der Waals surface area contributed by atoms with Crippen LogP contribution in [-0.2, 0) is 21.1 Å². The maximum Gasteiger partial charge on any atom is 0.236 e. The van der Waals surface area contributed by atoms with Crippen molar-refractivity contribution >= 4 is 28.2 Å². The third kappa shape index (κ3) is 7.24. The smallest absolute Gasteiger partial charge is 0.236 e. The van der Waals surface area contributed by atoms with Gasteiger partial charge < -0.3 is 11.1 Å². The zero-order valence-corrected chi connectivity index (χ0v) is 14.9. The Morgan fingerprint density at radius 3 is 2.32 bits per heavy atom. The minimum atomic E-state index is -3.09. The maximum absolute atomic E-state index is 11.8. The van der Waals surface area contributed by atoms with Crippen LogP contribution < -0.4 is 11.1 Å². The highest BCUT2D eigenvalue weighted by atomic mass is 35.5. The molecule has 0 heterocycles. The Kier molecular flexibility index (Phi) is 8.66. The number of halogens is 1. The van der Waals surface area contributed by atoms with Gasteiger partial charge in [-0.05, 0) is 43.4 Å². The van der Waals surface area contributed by atoms with Gasteiger partial charge >= 0.3 is 0 Å². The van der Waals surface area contributed by atoms with Crippen LogP contribution in [-0.4, -0.2) is 38.9 Å². The fraction of sp³-hybridized carbons (Fsp3) is 0.533. The number of hydrogen-bond acceptors (Lipinski definition) is 4. The number of carbonyl (C=O) groups is 1. The molecule has 0 aliphatic rings. The summed E-state index contributed by atoms with van der Waals surface area (Å²) in [7, 11) is -3.09. The lowest BCUT2D eigenvalue weighted by Gasteiger charge is -2.13. The molecule has 0 aromatic heterocycles. The van der Waals surface area contributed by atoms with Crippen LogP contribution in [0.1, 0.15) is 23.1 Å². The highest BCUT2D eigenvalue weighted by Crippen LogP contribution is 2.13. The molecule has 0 saturated carbocycles. The summed E-state index contributed by atoms with van der Waals surface area (Å²) in [5.41, 5.74) is 9.31. The van der Waals surface area contributed by atoms with E-state index in [-0.39, 0.29) is 30.5 Å². The van der Waals surface area contributed by atoms with Crippen LogP contribution in [0.4, 0.5) is 0 Å². The van der Waals surface area contributed by atoms with E-state index in [4.69, 9.17) is 5.73 Å². The van der Waals surface area contributed by atoms with Gasteiger partial charge in [0.25, 0.3) is 0 Å². The van der Waals surface area contributed by atoms with Gasteiger partial charge in [-0.15, -0.1) is 12.4 Å². The van der Waals surface area contributed by atoms with Gasteiger partial charge in [-0.3, -0.25) is 4.79 Å². The molecule has 0 bridgehead atoms. The van der Waals surface area contributed by atoms with Crippen LogP contribution >= 0.6 is 12.4 Å². The molecule has 1 unspecified atom stereocenters. The number of carbonyl (C=O) groups excluding carboxylic acids is 1. The Balaban J connectivity index is 0.00000441. The van der Waals surface area contributed by atoms with Gasteiger partial charge in [0, 0.05) is 12.8 Å². The van der Waals surface area contributed by atoms with Crippen LogP contribution in [0.2, 0.25) is 0 Å². The van der Waals surface area contributed by atoms with Crippen LogP contribution in [0.25, 0.3) is 0 Å². The van der Waals surface area contributed by atoms with E-state index in [0.717, 1.165) is 12.7 Å². The number of hydrogen-bond donors (Lipinski definition) is 2. The zero-order chi connectivity index (χ0) is 16.0. The highest BCUT2D eigenvalue weighted by molar-refractivity contribution is 7.90. The summed E-state index contributed by atoms with van der Waals surface area (Å²) in [6, 6.07) is 5.32. The van der Waals surface area contributed by atoms with Crippen molar-refractivity contribution in [2.75, 3.05) is 18.6 Å². The zero-order valence-electron chi connectivity index (χ0n) is 13.3. The van der Waals surface area contributed by atoms with Crippen molar-refractivity contribution in [1.29, 1.82) is 0 Å². The van der Waals surface area contributed by atoms with E-state index in [0.29, 0.717) is 6.54 Å². The van der Waals surface area contributed by atoms with Crippen LogP contribution in [0.3, 0.4) is 0 Å². The molecule has 0 spiro atoms. The maximum atomic E-state index is 11.8. The van der Waals surface area contributed by atoms with Gasteiger partial charge in [0.15, 0.2) is 0 Å². The fourth-order valence-electron chi connectivity index (χ4n) is 2.16. The van der Waals surface area contributed by atoms with E-state index in [9.17, 15) is 13.2 Å². The predicted molar refractivity (Wildman–Crippen MR) is 92.2 cm³/mol. The Hall–Kier alpha value is -1.11. The Morgan fingerprint density at radius 1 is 1.27 bits per heavy atom. The fourth-order valence-corrected chi connectivity index (χ4v) is 2.84. The van der Waals surface area contributed by atoms with Gasteiger partial charge in [0.05, 0.1) is 11.8 Å². The van der Waals surface area contributed by atoms with Crippen LogP contribution in [0.5, 0.6) is 0 Å². The molecule has 1 aromatic carbocycles. The molecule has 1 aromatic rings. The molecule has 0 saturated heterocycles. The average molecular weight is 349 g/mol. The molecule has 0 aliphatic heterocycles. The van der Waals surface area contributed by atoms with Crippen molar-refractivity contribution in [2.45, 2.75) is 32.7 Å². The van der Waals surface area contributed by atoms with Crippen molar-refractivity contribution < 1.29 is 13.2 Å². The molecular weight excluding hydrogens is 324 g/mol. The summed E-state index contributed by atoms with van der Waals surface area (Å²) < 4.78 is 22.1. The summed E-state index contributed by atoms with van der Waals surface area (Å²) in [6.45, 7) is 4.58. The molecule has 1 amide bonds. The second kappa shape index (κ2) is 9.12. The van der Waals surface area contributed by atoms with E-state index >= 15 is 0 Å². The van der Waals surface area contributed by atoms with E-state index < -0.39 is 15.9 Å². The number of sulfone groups is 1. The molecule has 7 heteroatoms. The third-order valence-electron chi connectivity index (χ3n) is 3.46. The minimum absolute atomic E-state index is 0. The number of benzene rings is 1. The molecule has 126 valence electrons. The van der Waals surface area contributed by atoms with Crippen LogP contribution in [0.15, 0.2) is 18.2 Å². The lowest BCUT2D eigenvalue weighted by atomic mass is 10.0. The first-order valence-corrected chi connectivity index (χ1v) is 9.03. The first-order chi connectivity index (χ1) is 9.70. The van der Waals surface area contributed by atoms with Crippen LogP contribution in [0, 0.1) is 13.8 Å². The number of nitrogens with one attached hydrogen (secondary N) is 1. The molecule has 0 aliphatic carbocycles. The van der Waals surface area contributed by atoms with Crippen molar-refractivity contribution in [1.82, 2.24) is 5.32 Å².